The van der Waals surface area contributed by atoms with Crippen LogP contribution in [0.15, 0.2) is 0 Å². The average Bonchev–Trinajstić information content (AvgIpc) is 1.97. The smallest absolute Gasteiger partial charge is 0.212 e. The van der Waals surface area contributed by atoms with Crippen LogP contribution < -0.4 is 4.72 Å². The molecule has 0 spiro atoms. The van der Waals surface area contributed by atoms with Gasteiger partial charge in [0.15, 0.2) is 0 Å². The van der Waals surface area contributed by atoms with Crippen molar-refractivity contribution >= 4 is 19.9 Å². The summed E-state index contributed by atoms with van der Waals surface area (Å²) in [4.78, 5) is 0. The first kappa shape index (κ1) is 12.9. The monoisotopic (exact) mass is 229 g/mol. The first-order valence-electron chi connectivity index (χ1n) is 3.92. The van der Waals surface area contributed by atoms with E-state index in [9.17, 15) is 16.8 Å². The predicted molar refractivity (Wildman–Crippen MR) is 51.8 cm³/mol. The lowest BCUT2D eigenvalue weighted by Gasteiger charge is -2.03. The van der Waals surface area contributed by atoms with Crippen LogP contribution in [0.25, 0.3) is 0 Å². The number of rotatable bonds is 6. The quantitative estimate of drug-likeness (QED) is 0.657. The Labute approximate surface area is 79.5 Å². The van der Waals surface area contributed by atoms with Crippen LogP contribution in [0, 0.1) is 0 Å². The van der Waals surface area contributed by atoms with E-state index in [0.29, 0.717) is 13.0 Å². The molecule has 0 aromatic heterocycles. The lowest BCUT2D eigenvalue weighted by atomic mass is 10.5. The van der Waals surface area contributed by atoms with E-state index in [1.54, 1.807) is 0 Å². The fraction of sp³-hybridized carbons (Fsp3) is 1.00. The van der Waals surface area contributed by atoms with Gasteiger partial charge in [0.25, 0.3) is 0 Å². The molecule has 0 aliphatic rings. The van der Waals surface area contributed by atoms with E-state index >= 15 is 0 Å². The molecular weight excluding hydrogens is 214 g/mol. The molecule has 0 fully saturated rings. The van der Waals surface area contributed by atoms with Crippen molar-refractivity contribution in [2.24, 2.45) is 0 Å². The molecular formula is C6H15NO4S2. The lowest BCUT2D eigenvalue weighted by Crippen LogP contribution is -2.30. The van der Waals surface area contributed by atoms with E-state index in [1.165, 1.54) is 0 Å². The summed E-state index contributed by atoms with van der Waals surface area (Å²) in [6.07, 6.45) is 1.71. The summed E-state index contributed by atoms with van der Waals surface area (Å²) < 4.78 is 45.7. The van der Waals surface area contributed by atoms with Gasteiger partial charge in [-0.3, -0.25) is 0 Å². The number of hydrogen-bond donors (Lipinski definition) is 1. The summed E-state index contributed by atoms with van der Waals surface area (Å²) in [6, 6.07) is 0. The molecule has 0 unspecified atom stereocenters. The highest BCUT2D eigenvalue weighted by Gasteiger charge is 2.12. The first-order chi connectivity index (χ1) is 5.77. The Morgan fingerprint density at radius 1 is 1.08 bits per heavy atom. The van der Waals surface area contributed by atoms with Crippen LogP contribution in [0.2, 0.25) is 0 Å². The van der Waals surface area contributed by atoms with Crippen molar-refractivity contribution in [3.05, 3.63) is 0 Å². The van der Waals surface area contributed by atoms with Crippen molar-refractivity contribution in [1.82, 2.24) is 4.72 Å². The minimum absolute atomic E-state index is 0.327. The van der Waals surface area contributed by atoms with Gasteiger partial charge in [0.2, 0.25) is 10.0 Å². The standard InChI is InChI=1S/C6H15NO4S2/c1-3-4-7-13(10,11)6-5-12(2,8)9/h7H,3-6H2,1-2H3. The van der Waals surface area contributed by atoms with Crippen LogP contribution in [0.4, 0.5) is 0 Å². The third-order valence-corrected chi connectivity index (χ3v) is 3.88. The fourth-order valence-electron chi connectivity index (χ4n) is 0.591. The zero-order chi connectivity index (χ0) is 10.5. The summed E-state index contributed by atoms with van der Waals surface area (Å²) in [6.45, 7) is 2.19. The first-order valence-corrected chi connectivity index (χ1v) is 7.63. The molecule has 13 heavy (non-hydrogen) atoms. The second kappa shape index (κ2) is 4.92. The molecule has 0 aromatic rings. The van der Waals surface area contributed by atoms with Crippen LogP contribution in [0.1, 0.15) is 13.3 Å². The van der Waals surface area contributed by atoms with Gasteiger partial charge in [-0.1, -0.05) is 6.92 Å². The summed E-state index contributed by atoms with van der Waals surface area (Å²) in [5.74, 6) is -0.683. The Balaban J connectivity index is 4.05. The maximum absolute atomic E-state index is 11.1. The molecule has 7 heteroatoms. The van der Waals surface area contributed by atoms with Gasteiger partial charge in [0, 0.05) is 12.8 Å². The molecule has 0 aromatic carbocycles. The molecule has 0 amide bonds. The van der Waals surface area contributed by atoms with Crippen molar-refractivity contribution < 1.29 is 16.8 Å². The highest BCUT2D eigenvalue weighted by molar-refractivity contribution is 7.93. The summed E-state index contributed by atoms with van der Waals surface area (Å²) in [5, 5.41) is 0. The van der Waals surface area contributed by atoms with Gasteiger partial charge >= 0.3 is 0 Å². The molecule has 0 saturated heterocycles. The van der Waals surface area contributed by atoms with Crippen molar-refractivity contribution in [1.29, 1.82) is 0 Å². The number of nitrogens with one attached hydrogen (secondary N) is 1. The van der Waals surface area contributed by atoms with Crippen molar-refractivity contribution in [3.63, 3.8) is 0 Å². The maximum atomic E-state index is 11.1. The van der Waals surface area contributed by atoms with Gasteiger partial charge in [-0.25, -0.2) is 21.6 Å². The number of sulfone groups is 1. The minimum Gasteiger partial charge on any atom is -0.229 e. The van der Waals surface area contributed by atoms with E-state index in [4.69, 9.17) is 0 Å². The van der Waals surface area contributed by atoms with Gasteiger partial charge in [-0.2, -0.15) is 0 Å². The zero-order valence-corrected chi connectivity index (χ0v) is 9.41. The van der Waals surface area contributed by atoms with Crippen LogP contribution in [-0.2, 0) is 19.9 Å². The Kier molecular flexibility index (Phi) is 4.87. The largest absolute Gasteiger partial charge is 0.229 e. The van der Waals surface area contributed by atoms with E-state index in [0.717, 1.165) is 6.26 Å². The number of hydrogen-bond acceptors (Lipinski definition) is 4. The molecule has 0 atom stereocenters. The fourth-order valence-corrected chi connectivity index (χ4v) is 3.34. The summed E-state index contributed by atoms with van der Waals surface area (Å²) in [5.41, 5.74) is 0. The van der Waals surface area contributed by atoms with Crippen LogP contribution >= 0.6 is 0 Å². The maximum Gasteiger partial charge on any atom is 0.212 e. The molecule has 0 heterocycles. The van der Waals surface area contributed by atoms with E-state index in [1.807, 2.05) is 6.92 Å². The van der Waals surface area contributed by atoms with Gasteiger partial charge < -0.3 is 0 Å². The SMILES string of the molecule is CCCNS(=O)(=O)CCS(C)(=O)=O. The second-order valence-electron chi connectivity index (χ2n) is 2.84. The van der Waals surface area contributed by atoms with Crippen LogP contribution in [0.5, 0.6) is 0 Å². The Hall–Kier alpha value is -0.140. The molecule has 0 bridgehead atoms. The summed E-state index contributed by atoms with van der Waals surface area (Å²) >= 11 is 0. The Morgan fingerprint density at radius 3 is 2.00 bits per heavy atom. The van der Waals surface area contributed by atoms with Gasteiger partial charge in [0.1, 0.15) is 9.84 Å². The molecule has 0 radical (unpaired) electrons. The zero-order valence-electron chi connectivity index (χ0n) is 7.78. The highest BCUT2D eigenvalue weighted by atomic mass is 32.2. The van der Waals surface area contributed by atoms with Crippen molar-refractivity contribution in [3.8, 4) is 0 Å². The molecule has 0 saturated carbocycles. The topological polar surface area (TPSA) is 80.3 Å². The third-order valence-electron chi connectivity index (χ3n) is 1.29. The molecule has 5 nitrogen and oxygen atoms in total. The second-order valence-corrected chi connectivity index (χ2v) is 7.03. The predicted octanol–water partition coefficient (Wildman–Crippen LogP) is -0.640. The molecule has 0 aliphatic heterocycles. The Morgan fingerprint density at radius 2 is 1.62 bits per heavy atom. The highest BCUT2D eigenvalue weighted by Crippen LogP contribution is 1.89. The van der Waals surface area contributed by atoms with E-state index in [2.05, 4.69) is 4.72 Å². The minimum atomic E-state index is -3.41. The van der Waals surface area contributed by atoms with E-state index in [-0.39, 0.29) is 11.5 Å². The van der Waals surface area contributed by atoms with Crippen LogP contribution in [0.3, 0.4) is 0 Å². The number of sulfonamides is 1. The normalized spacial score (nSPS) is 13.1. The van der Waals surface area contributed by atoms with Gasteiger partial charge in [0.05, 0.1) is 11.5 Å². The molecule has 0 aliphatic carbocycles. The Bertz CT molecular complexity index is 330. The lowest BCUT2D eigenvalue weighted by molar-refractivity contribution is 0.578. The van der Waals surface area contributed by atoms with Crippen molar-refractivity contribution in [2.75, 3.05) is 24.3 Å². The summed E-state index contributed by atoms with van der Waals surface area (Å²) in [7, 11) is -6.61. The molecule has 80 valence electrons. The van der Waals surface area contributed by atoms with Gasteiger partial charge in [-0.05, 0) is 6.42 Å². The van der Waals surface area contributed by atoms with Crippen LogP contribution in [-0.4, -0.2) is 41.1 Å². The van der Waals surface area contributed by atoms with E-state index < -0.39 is 19.9 Å². The molecule has 0 rings (SSSR count). The third kappa shape index (κ3) is 8.20. The van der Waals surface area contributed by atoms with Crippen molar-refractivity contribution in [2.45, 2.75) is 13.3 Å². The van der Waals surface area contributed by atoms with Gasteiger partial charge in [-0.15, -0.1) is 0 Å². The average molecular weight is 229 g/mol. The molecule has 1 N–H and O–H groups in total.